The lowest BCUT2D eigenvalue weighted by molar-refractivity contribution is -0.134. The number of nitrogens with one attached hydrogen (secondary N) is 1. The first-order valence-electron chi connectivity index (χ1n) is 10.6. The van der Waals surface area contributed by atoms with Crippen molar-refractivity contribution in [1.82, 2.24) is 24.8 Å². The molecule has 1 aliphatic rings. The summed E-state index contributed by atoms with van der Waals surface area (Å²) >= 11 is 0. The summed E-state index contributed by atoms with van der Waals surface area (Å²) in [5.41, 5.74) is 10.3. The van der Waals surface area contributed by atoms with Crippen molar-refractivity contribution in [3.63, 3.8) is 0 Å². The lowest BCUT2D eigenvalue weighted by Crippen LogP contribution is -2.39. The molecular weight excluding hydrogens is 388 g/mol. The van der Waals surface area contributed by atoms with Crippen LogP contribution in [-0.4, -0.2) is 37.3 Å². The number of nitrogens with zero attached hydrogens (tertiary/aromatic N) is 4. The van der Waals surface area contributed by atoms with Crippen LogP contribution in [0.5, 0.6) is 0 Å². The molecule has 0 saturated carbocycles. The standard InChI is InChI=1S/C24H24N6O/c25-24-28-14-18(15-29-24)20-9-8-16(12-26-20)22-7-3-4-10-30(22)23(31)11-17-13-27-21-6-2-1-5-19(17)21/h1-2,5-6,8-9,12-15,22,27H,3-4,7,10-11H2,(H2,25,28,29)/t22-/m1/s1. The summed E-state index contributed by atoms with van der Waals surface area (Å²) in [6.07, 6.45) is 10.6. The Labute approximate surface area is 180 Å². The highest BCUT2D eigenvalue weighted by Crippen LogP contribution is 2.32. The Kier molecular flexibility index (Phi) is 5.08. The second-order valence-electron chi connectivity index (χ2n) is 7.94. The second-order valence-corrected chi connectivity index (χ2v) is 7.94. The van der Waals surface area contributed by atoms with Crippen LogP contribution in [0.15, 0.2) is 61.2 Å². The molecule has 5 rings (SSSR count). The summed E-state index contributed by atoms with van der Waals surface area (Å²) in [5, 5.41) is 1.11. The van der Waals surface area contributed by atoms with Crippen molar-refractivity contribution >= 4 is 22.8 Å². The average Bonchev–Trinajstić information content (AvgIpc) is 3.22. The number of para-hydroxylation sites is 1. The van der Waals surface area contributed by atoms with Gasteiger partial charge in [-0.2, -0.15) is 0 Å². The van der Waals surface area contributed by atoms with Crippen LogP contribution in [0.1, 0.15) is 36.4 Å². The normalized spacial score (nSPS) is 16.5. The summed E-state index contributed by atoms with van der Waals surface area (Å²) in [4.78, 5) is 31.2. The number of piperidine rings is 1. The Hall–Kier alpha value is -3.74. The van der Waals surface area contributed by atoms with E-state index in [1.54, 1.807) is 12.4 Å². The molecule has 7 heteroatoms. The van der Waals surface area contributed by atoms with Crippen LogP contribution in [0.2, 0.25) is 0 Å². The number of nitrogen functional groups attached to an aromatic ring is 1. The minimum absolute atomic E-state index is 0.0515. The fourth-order valence-electron chi connectivity index (χ4n) is 4.36. The molecule has 1 saturated heterocycles. The summed E-state index contributed by atoms with van der Waals surface area (Å²) < 4.78 is 0. The Morgan fingerprint density at radius 1 is 1.06 bits per heavy atom. The number of aromatic nitrogens is 4. The summed E-state index contributed by atoms with van der Waals surface area (Å²) in [5.74, 6) is 0.400. The molecule has 0 radical (unpaired) electrons. The maximum Gasteiger partial charge on any atom is 0.227 e. The number of amides is 1. The lowest BCUT2D eigenvalue weighted by atomic mass is 9.95. The molecule has 0 bridgehead atoms. The van der Waals surface area contributed by atoms with Gasteiger partial charge in [0, 0.05) is 47.8 Å². The van der Waals surface area contributed by atoms with Crippen molar-refractivity contribution < 1.29 is 4.79 Å². The van der Waals surface area contributed by atoms with Crippen LogP contribution < -0.4 is 5.73 Å². The molecular formula is C24H24N6O. The van der Waals surface area contributed by atoms with E-state index in [1.807, 2.05) is 41.6 Å². The summed E-state index contributed by atoms with van der Waals surface area (Å²) in [6, 6.07) is 12.2. The molecule has 3 aromatic heterocycles. The zero-order valence-corrected chi connectivity index (χ0v) is 17.2. The highest BCUT2D eigenvalue weighted by atomic mass is 16.2. The Bertz CT molecular complexity index is 1200. The SMILES string of the molecule is Nc1ncc(-c2ccc([C@H]3CCCCN3C(=O)Cc3c[nH]c4ccccc34)cn2)cn1. The maximum atomic E-state index is 13.3. The van der Waals surface area contributed by atoms with Gasteiger partial charge in [-0.15, -0.1) is 0 Å². The molecule has 0 unspecified atom stereocenters. The molecule has 1 atom stereocenters. The molecule has 1 fully saturated rings. The number of aromatic amines is 1. The van der Waals surface area contributed by atoms with Gasteiger partial charge in [0.15, 0.2) is 0 Å². The predicted octanol–water partition coefficient (Wildman–Crippen LogP) is 3.90. The molecule has 4 heterocycles. The molecule has 7 nitrogen and oxygen atoms in total. The highest BCUT2D eigenvalue weighted by molar-refractivity contribution is 5.89. The number of fused-ring (bicyclic) bond motifs is 1. The minimum atomic E-state index is 0.0515. The van der Waals surface area contributed by atoms with E-state index in [2.05, 4.69) is 32.1 Å². The average molecular weight is 412 g/mol. The first-order chi connectivity index (χ1) is 15.2. The van der Waals surface area contributed by atoms with E-state index < -0.39 is 0 Å². The molecule has 31 heavy (non-hydrogen) atoms. The zero-order chi connectivity index (χ0) is 21.2. The molecule has 3 N–H and O–H groups in total. The molecule has 1 aliphatic heterocycles. The van der Waals surface area contributed by atoms with Gasteiger partial charge in [0.2, 0.25) is 11.9 Å². The molecule has 0 spiro atoms. The van der Waals surface area contributed by atoms with E-state index in [9.17, 15) is 4.79 Å². The first-order valence-corrected chi connectivity index (χ1v) is 10.6. The van der Waals surface area contributed by atoms with E-state index in [1.165, 1.54) is 0 Å². The van der Waals surface area contributed by atoms with Crippen molar-refractivity contribution in [2.45, 2.75) is 31.7 Å². The number of nitrogens with two attached hydrogens (primary N) is 1. The van der Waals surface area contributed by atoms with E-state index in [4.69, 9.17) is 5.73 Å². The monoisotopic (exact) mass is 412 g/mol. The first kappa shape index (κ1) is 19.2. The van der Waals surface area contributed by atoms with Gasteiger partial charge in [0.05, 0.1) is 18.2 Å². The largest absolute Gasteiger partial charge is 0.368 e. The molecule has 4 aromatic rings. The van der Waals surface area contributed by atoms with Gasteiger partial charge in [0.25, 0.3) is 0 Å². The minimum Gasteiger partial charge on any atom is -0.368 e. The highest BCUT2D eigenvalue weighted by Gasteiger charge is 2.28. The number of carbonyl (C=O) groups is 1. The van der Waals surface area contributed by atoms with Crippen molar-refractivity contribution in [3.05, 3.63) is 72.3 Å². The number of rotatable bonds is 4. The number of hydrogen-bond donors (Lipinski definition) is 2. The molecule has 1 amide bonds. The Morgan fingerprint density at radius 2 is 1.90 bits per heavy atom. The number of likely N-dealkylation sites (tertiary alicyclic amines) is 1. The predicted molar refractivity (Wildman–Crippen MR) is 120 cm³/mol. The number of H-pyrrole nitrogens is 1. The number of hydrogen-bond acceptors (Lipinski definition) is 5. The Morgan fingerprint density at radius 3 is 2.71 bits per heavy atom. The van der Waals surface area contributed by atoms with Crippen molar-refractivity contribution in [2.75, 3.05) is 12.3 Å². The smallest absolute Gasteiger partial charge is 0.227 e. The van der Waals surface area contributed by atoms with Crippen LogP contribution in [0.25, 0.3) is 22.2 Å². The van der Waals surface area contributed by atoms with Gasteiger partial charge < -0.3 is 15.6 Å². The van der Waals surface area contributed by atoms with Gasteiger partial charge >= 0.3 is 0 Å². The van der Waals surface area contributed by atoms with Gasteiger partial charge in [-0.3, -0.25) is 9.78 Å². The Balaban J connectivity index is 1.36. The van der Waals surface area contributed by atoms with Crippen molar-refractivity contribution in [2.24, 2.45) is 0 Å². The zero-order valence-electron chi connectivity index (χ0n) is 17.2. The third-order valence-electron chi connectivity index (χ3n) is 5.98. The quantitative estimate of drug-likeness (QED) is 0.529. The number of carbonyl (C=O) groups excluding carboxylic acids is 1. The van der Waals surface area contributed by atoms with Gasteiger partial charge in [-0.25, -0.2) is 9.97 Å². The third kappa shape index (κ3) is 3.86. The van der Waals surface area contributed by atoms with E-state index >= 15 is 0 Å². The van der Waals surface area contributed by atoms with Crippen molar-refractivity contribution in [1.29, 1.82) is 0 Å². The lowest BCUT2D eigenvalue weighted by Gasteiger charge is -2.36. The van der Waals surface area contributed by atoms with E-state index in [-0.39, 0.29) is 17.9 Å². The van der Waals surface area contributed by atoms with Crippen LogP contribution in [-0.2, 0) is 11.2 Å². The number of benzene rings is 1. The maximum absolute atomic E-state index is 13.3. The number of anilines is 1. The fraction of sp³-hybridized carbons (Fsp3) is 0.250. The van der Waals surface area contributed by atoms with Crippen LogP contribution in [0, 0.1) is 0 Å². The van der Waals surface area contributed by atoms with Crippen LogP contribution in [0.4, 0.5) is 5.95 Å². The topological polar surface area (TPSA) is 101 Å². The van der Waals surface area contributed by atoms with E-state index in [0.717, 1.165) is 59.1 Å². The summed E-state index contributed by atoms with van der Waals surface area (Å²) in [7, 11) is 0. The number of pyridine rings is 1. The second kappa shape index (κ2) is 8.18. The van der Waals surface area contributed by atoms with Crippen LogP contribution in [0.3, 0.4) is 0 Å². The van der Waals surface area contributed by atoms with Gasteiger partial charge in [0.1, 0.15) is 0 Å². The van der Waals surface area contributed by atoms with Crippen LogP contribution >= 0.6 is 0 Å². The fourth-order valence-corrected chi connectivity index (χ4v) is 4.36. The van der Waals surface area contributed by atoms with E-state index in [0.29, 0.717) is 6.42 Å². The summed E-state index contributed by atoms with van der Waals surface area (Å²) in [6.45, 7) is 0.777. The van der Waals surface area contributed by atoms with Gasteiger partial charge in [-0.05, 0) is 42.5 Å². The molecule has 156 valence electrons. The van der Waals surface area contributed by atoms with Crippen molar-refractivity contribution in [3.8, 4) is 11.3 Å². The third-order valence-corrected chi connectivity index (χ3v) is 5.98. The molecule has 1 aromatic carbocycles. The molecule has 0 aliphatic carbocycles. The van der Waals surface area contributed by atoms with Gasteiger partial charge in [-0.1, -0.05) is 24.3 Å².